The Hall–Kier alpha value is -4.88. The van der Waals surface area contributed by atoms with Crippen LogP contribution in [0.15, 0.2) is 48.6 Å². The Kier molecular flexibility index (Phi) is 9.77. The van der Waals surface area contributed by atoms with Crippen LogP contribution in [-0.2, 0) is 13.1 Å². The van der Waals surface area contributed by atoms with Crippen LogP contribution in [-0.4, -0.2) is 96.7 Å². The van der Waals surface area contributed by atoms with E-state index < -0.39 is 5.91 Å². The first-order chi connectivity index (χ1) is 21.5. The quantitative estimate of drug-likeness (QED) is 0.125. The Morgan fingerprint density at radius 1 is 0.909 bits per heavy atom. The number of imidazole rings is 2. The maximum absolute atomic E-state index is 11.8. The van der Waals surface area contributed by atoms with Crippen LogP contribution >= 0.6 is 0 Å². The lowest BCUT2D eigenvalue weighted by atomic mass is 10.1. The van der Waals surface area contributed by atoms with Gasteiger partial charge in [0.05, 0.1) is 18.1 Å². The van der Waals surface area contributed by atoms with Crippen molar-refractivity contribution in [3.63, 3.8) is 0 Å². The number of nitrogens with one attached hydrogen (secondary N) is 3. The van der Waals surface area contributed by atoms with Crippen molar-refractivity contribution < 1.29 is 19.1 Å². The number of nitrogens with two attached hydrogens (primary N) is 1. The molecule has 0 bridgehead atoms. The lowest BCUT2D eigenvalue weighted by Gasteiger charge is -2.25. The molecule has 0 atom stereocenters. The van der Waals surface area contributed by atoms with Gasteiger partial charge in [-0.3, -0.25) is 14.5 Å². The number of piperazine rings is 1. The number of ether oxygens (including phenoxy) is 2. The molecule has 1 saturated heterocycles. The highest BCUT2D eigenvalue weighted by Gasteiger charge is 2.18. The molecular weight excluding hydrogens is 562 g/mol. The molecule has 44 heavy (non-hydrogen) atoms. The van der Waals surface area contributed by atoms with Gasteiger partial charge in [0.25, 0.3) is 0 Å². The predicted molar refractivity (Wildman–Crippen MR) is 172 cm³/mol. The number of nitrogens with zero attached hydrogens (tertiary/aromatic N) is 5. The SMILES string of the molecule is CNc1nc2cc(C(N)=O)cc(OC)c2n1C/C=C/Cn1c(NC)nc2cc(C=O)cc(OC/C=C/CN3CCNCC3)c21. The van der Waals surface area contributed by atoms with Gasteiger partial charge in [0.1, 0.15) is 35.4 Å². The fourth-order valence-electron chi connectivity index (χ4n) is 5.38. The van der Waals surface area contributed by atoms with Crippen LogP contribution in [0.25, 0.3) is 22.1 Å². The van der Waals surface area contributed by atoms with Crippen LogP contribution in [0, 0.1) is 0 Å². The van der Waals surface area contributed by atoms with Crippen molar-refractivity contribution in [2.45, 2.75) is 13.1 Å². The zero-order valence-corrected chi connectivity index (χ0v) is 25.3. The van der Waals surface area contributed by atoms with E-state index in [2.05, 4.69) is 31.9 Å². The molecule has 3 heterocycles. The second-order valence-electron chi connectivity index (χ2n) is 10.3. The highest BCUT2D eigenvalue weighted by molar-refractivity contribution is 5.99. The van der Waals surface area contributed by atoms with E-state index in [1.54, 1.807) is 38.4 Å². The van der Waals surface area contributed by atoms with Gasteiger partial charge in [-0.2, -0.15) is 0 Å². The van der Waals surface area contributed by atoms with Gasteiger partial charge in [0.2, 0.25) is 17.8 Å². The van der Waals surface area contributed by atoms with Gasteiger partial charge in [0.15, 0.2) is 0 Å². The molecule has 1 fully saturated rings. The van der Waals surface area contributed by atoms with Crippen molar-refractivity contribution in [3.8, 4) is 11.5 Å². The minimum atomic E-state index is -0.548. The van der Waals surface area contributed by atoms with Crippen LogP contribution in [0.3, 0.4) is 0 Å². The molecule has 232 valence electrons. The molecule has 13 heteroatoms. The van der Waals surface area contributed by atoms with Gasteiger partial charge in [-0.05, 0) is 24.3 Å². The topological polar surface area (TPSA) is 154 Å². The van der Waals surface area contributed by atoms with Gasteiger partial charge in [0, 0.05) is 71.0 Å². The zero-order valence-electron chi connectivity index (χ0n) is 25.3. The molecule has 4 aromatic rings. The van der Waals surface area contributed by atoms with Crippen molar-refractivity contribution in [3.05, 3.63) is 59.7 Å². The Balaban J connectivity index is 1.37. The largest absolute Gasteiger partial charge is 0.494 e. The maximum atomic E-state index is 11.8. The summed E-state index contributed by atoms with van der Waals surface area (Å²) in [6.07, 6.45) is 8.99. The van der Waals surface area contributed by atoms with Gasteiger partial charge < -0.3 is 40.3 Å². The first kappa shape index (κ1) is 30.6. The first-order valence-electron chi connectivity index (χ1n) is 14.6. The molecule has 0 unspecified atom stereocenters. The fraction of sp³-hybridized carbons (Fsp3) is 0.355. The standard InChI is InChI=1S/C31H39N9O4/c1-33-30-36-23-16-21(20-41)17-26(44-15-7-6-10-38-13-8-35-9-14-38)28(23)40(30)12-5-4-11-39-27-24(37-31(39)34-2)18-22(29(32)42)19-25(27)43-3/h4-7,16-20,35H,8-15H2,1-3H3,(H2,32,42)(H,33,36)(H,34,37)/b5-4+,7-6+. The number of hydrogen-bond donors (Lipinski definition) is 4. The van der Waals surface area contributed by atoms with E-state index in [1.165, 1.54) is 0 Å². The summed E-state index contributed by atoms with van der Waals surface area (Å²) < 4.78 is 15.8. The third-order valence-electron chi connectivity index (χ3n) is 7.54. The number of anilines is 2. The van der Waals surface area contributed by atoms with Crippen LogP contribution in [0.1, 0.15) is 20.7 Å². The van der Waals surface area contributed by atoms with E-state index in [4.69, 9.17) is 20.2 Å². The third-order valence-corrected chi connectivity index (χ3v) is 7.54. The summed E-state index contributed by atoms with van der Waals surface area (Å²) in [6.45, 7) is 6.31. The second-order valence-corrected chi connectivity index (χ2v) is 10.3. The average Bonchev–Trinajstić information content (AvgIpc) is 3.60. The van der Waals surface area contributed by atoms with E-state index in [1.807, 2.05) is 34.4 Å². The number of carbonyl (C=O) groups excluding carboxylic acids is 2. The Morgan fingerprint density at radius 2 is 1.52 bits per heavy atom. The Labute approximate surface area is 255 Å². The second kappa shape index (κ2) is 14.1. The van der Waals surface area contributed by atoms with E-state index in [-0.39, 0.29) is 0 Å². The van der Waals surface area contributed by atoms with Crippen molar-refractivity contribution in [2.24, 2.45) is 5.73 Å². The van der Waals surface area contributed by atoms with Crippen LogP contribution in [0.5, 0.6) is 11.5 Å². The van der Waals surface area contributed by atoms with E-state index in [9.17, 15) is 9.59 Å². The molecule has 0 spiro atoms. The van der Waals surface area contributed by atoms with Crippen molar-refractivity contribution >= 4 is 46.2 Å². The zero-order chi connectivity index (χ0) is 31.1. The minimum Gasteiger partial charge on any atom is -0.494 e. The summed E-state index contributed by atoms with van der Waals surface area (Å²) in [5, 5.41) is 9.63. The minimum absolute atomic E-state index is 0.328. The first-order valence-corrected chi connectivity index (χ1v) is 14.6. The summed E-state index contributed by atoms with van der Waals surface area (Å²) in [5.41, 5.74) is 9.15. The van der Waals surface area contributed by atoms with Gasteiger partial charge >= 0.3 is 0 Å². The molecule has 0 aliphatic carbocycles. The summed E-state index contributed by atoms with van der Waals surface area (Å²) in [6, 6.07) is 6.80. The van der Waals surface area contributed by atoms with E-state index >= 15 is 0 Å². The molecule has 2 aromatic carbocycles. The highest BCUT2D eigenvalue weighted by atomic mass is 16.5. The van der Waals surface area contributed by atoms with Crippen molar-refractivity contribution in [1.29, 1.82) is 0 Å². The predicted octanol–water partition coefficient (Wildman–Crippen LogP) is 2.49. The number of aldehydes is 1. The molecular formula is C31H39N9O4. The van der Waals surface area contributed by atoms with Crippen molar-refractivity contribution in [2.75, 3.05) is 71.2 Å². The molecule has 0 radical (unpaired) electrons. The summed E-state index contributed by atoms with van der Waals surface area (Å²) in [7, 11) is 5.15. The number of primary amides is 1. The van der Waals surface area contributed by atoms with Gasteiger partial charge in [-0.25, -0.2) is 9.97 Å². The number of carbonyl (C=O) groups is 2. The molecule has 0 saturated carbocycles. The normalized spacial score (nSPS) is 14.2. The van der Waals surface area contributed by atoms with E-state index in [0.717, 1.165) is 50.0 Å². The van der Waals surface area contributed by atoms with Crippen LogP contribution < -0.4 is 31.2 Å². The maximum Gasteiger partial charge on any atom is 0.248 e. The Morgan fingerprint density at radius 3 is 2.11 bits per heavy atom. The summed E-state index contributed by atoms with van der Waals surface area (Å²) in [5.74, 6) is 1.82. The number of amides is 1. The molecule has 1 aliphatic rings. The van der Waals surface area contributed by atoms with Gasteiger partial charge in [-0.15, -0.1) is 0 Å². The number of hydrogen-bond acceptors (Lipinski definition) is 10. The molecule has 1 amide bonds. The number of benzene rings is 2. The lowest BCUT2D eigenvalue weighted by Crippen LogP contribution is -2.43. The molecule has 5 rings (SSSR count). The summed E-state index contributed by atoms with van der Waals surface area (Å²) in [4.78, 5) is 35.2. The number of rotatable bonds is 14. The molecule has 5 N–H and O–H groups in total. The third kappa shape index (κ3) is 6.53. The van der Waals surface area contributed by atoms with Crippen LogP contribution in [0.2, 0.25) is 0 Å². The van der Waals surface area contributed by atoms with Gasteiger partial charge in [-0.1, -0.05) is 24.3 Å². The lowest BCUT2D eigenvalue weighted by molar-refractivity contribution is 0.0999. The average molecular weight is 602 g/mol. The van der Waals surface area contributed by atoms with Crippen LogP contribution in [0.4, 0.5) is 11.9 Å². The monoisotopic (exact) mass is 601 g/mol. The summed E-state index contributed by atoms with van der Waals surface area (Å²) >= 11 is 0. The molecule has 13 nitrogen and oxygen atoms in total. The fourth-order valence-corrected chi connectivity index (χ4v) is 5.38. The number of aromatic nitrogens is 4. The number of fused-ring (bicyclic) bond motifs is 2. The number of methoxy groups -OCH3 is 1. The molecule has 1 aliphatic heterocycles. The Bertz CT molecular complexity index is 1700. The molecule has 2 aromatic heterocycles. The van der Waals surface area contributed by atoms with E-state index in [0.29, 0.717) is 65.3 Å². The smallest absolute Gasteiger partial charge is 0.248 e. The highest BCUT2D eigenvalue weighted by Crippen LogP contribution is 2.32. The number of allylic oxidation sites excluding steroid dienone is 2. The van der Waals surface area contributed by atoms with Crippen molar-refractivity contribution in [1.82, 2.24) is 29.3 Å².